The van der Waals surface area contributed by atoms with E-state index in [1.54, 1.807) is 0 Å². The number of nitrogens with one attached hydrogen (secondary N) is 1. The molecule has 2 bridgehead atoms. The number of fused-ring (bicyclic) bond motifs is 2. The fourth-order valence-electron chi connectivity index (χ4n) is 8.58. The molecule has 1 saturated carbocycles. The molecule has 2 fully saturated rings. The molecular weight excluding hydrogens is 450 g/mol. The van der Waals surface area contributed by atoms with Crippen molar-refractivity contribution in [3.05, 3.63) is 58.8 Å². The summed E-state index contributed by atoms with van der Waals surface area (Å²) in [4.78, 5) is 2.04. The van der Waals surface area contributed by atoms with E-state index in [2.05, 4.69) is 60.5 Å². The number of rotatable bonds is 2. The number of aliphatic hydroxyl groups excluding tert-OH is 2. The molecule has 1 saturated heterocycles. The van der Waals surface area contributed by atoms with Crippen LogP contribution in [0.3, 0.4) is 0 Å². The van der Waals surface area contributed by atoms with Crippen molar-refractivity contribution >= 4 is 16.5 Å². The van der Waals surface area contributed by atoms with E-state index >= 15 is 0 Å². The Morgan fingerprint density at radius 3 is 2.78 bits per heavy atom. The molecule has 2 aliphatic heterocycles. The highest BCUT2D eigenvalue weighted by Gasteiger charge is 2.68. The smallest absolute Gasteiger partial charge is 0.105 e. The minimum absolute atomic E-state index is 0.0587. The highest BCUT2D eigenvalue weighted by Crippen LogP contribution is 2.69. The van der Waals surface area contributed by atoms with Gasteiger partial charge in [-0.05, 0) is 81.0 Å². The number of allylic oxidation sites excluding steroid dienone is 3. The lowest BCUT2D eigenvalue weighted by Gasteiger charge is -2.57. The van der Waals surface area contributed by atoms with Crippen molar-refractivity contribution in [3.63, 3.8) is 0 Å². The second-order valence-electron chi connectivity index (χ2n) is 12.4. The average molecular weight is 488 g/mol. The molecule has 36 heavy (non-hydrogen) atoms. The Balaban J connectivity index is 1.33. The molecule has 3 N–H and O–H groups in total. The normalized spacial score (nSPS) is 43.1. The van der Waals surface area contributed by atoms with Gasteiger partial charge in [-0.1, -0.05) is 44.2 Å². The first kappa shape index (κ1) is 22.9. The van der Waals surface area contributed by atoms with Gasteiger partial charge in [-0.3, -0.25) is 5.10 Å². The largest absolute Gasteiger partial charge is 0.388 e. The van der Waals surface area contributed by atoms with Gasteiger partial charge in [-0.2, -0.15) is 5.10 Å². The summed E-state index contributed by atoms with van der Waals surface area (Å²) in [5, 5.41) is 30.9. The van der Waals surface area contributed by atoms with Gasteiger partial charge in [0, 0.05) is 22.8 Å². The lowest BCUT2D eigenvalue weighted by Crippen LogP contribution is -2.62. The molecule has 0 radical (unpaired) electrons. The number of aryl methyl sites for hydroxylation is 1. The molecule has 2 aromatic rings. The van der Waals surface area contributed by atoms with Crippen LogP contribution in [0.25, 0.3) is 16.5 Å². The van der Waals surface area contributed by atoms with Gasteiger partial charge < -0.3 is 19.8 Å². The van der Waals surface area contributed by atoms with Crippen LogP contribution in [0.4, 0.5) is 0 Å². The van der Waals surface area contributed by atoms with Gasteiger partial charge in [0.05, 0.1) is 28.5 Å². The first-order chi connectivity index (χ1) is 17.1. The van der Waals surface area contributed by atoms with Crippen molar-refractivity contribution in [1.29, 1.82) is 0 Å². The van der Waals surface area contributed by atoms with Gasteiger partial charge in [0.25, 0.3) is 0 Å². The van der Waals surface area contributed by atoms with Gasteiger partial charge in [-0.25, -0.2) is 0 Å². The fourth-order valence-corrected chi connectivity index (χ4v) is 8.58. The standard InChI is InChI=1S/C30H37N3O3/c1-16-12-19-14-22-26(34)27(35)24(33(4)5)15-29(22)10-11-30(19,36-29)25-9-8-21(28(16,25)3)18-6-7-20-17(2)31-32-23(20)13-18/h6-8,12-14,16,24-27,34-35H,9-11,15H2,1-5H3,(H,31,32)/t16?,24-,25?,26+,27+,28+,29+,30+/m0/s1. The SMILES string of the molecule is Cc1n[nH]c2cc(C3=CCC4[C@]3(C)C(C)C=C3C=C5[C@@H](O)[C@H](O)[C@@H](N(C)C)C[C@]56CC[C@@]34O6)ccc12. The Hall–Kier alpha value is -2.25. The molecule has 0 amide bonds. The number of ether oxygens (including phenoxy) is 1. The molecule has 3 heterocycles. The highest BCUT2D eigenvalue weighted by atomic mass is 16.5. The lowest BCUT2D eigenvalue weighted by molar-refractivity contribution is -0.165. The topological polar surface area (TPSA) is 81.6 Å². The van der Waals surface area contributed by atoms with Crippen LogP contribution in [-0.2, 0) is 4.74 Å². The van der Waals surface area contributed by atoms with Crippen LogP contribution in [0.15, 0.2) is 47.6 Å². The van der Waals surface area contributed by atoms with E-state index in [9.17, 15) is 10.2 Å². The Morgan fingerprint density at radius 2 is 2.00 bits per heavy atom. The summed E-state index contributed by atoms with van der Waals surface area (Å²) in [7, 11) is 3.96. The zero-order valence-corrected chi connectivity index (χ0v) is 21.9. The van der Waals surface area contributed by atoms with Crippen LogP contribution in [0.5, 0.6) is 0 Å². The molecule has 2 spiro atoms. The molecule has 6 nitrogen and oxygen atoms in total. The van der Waals surface area contributed by atoms with Crippen LogP contribution in [0, 0.1) is 24.2 Å². The van der Waals surface area contributed by atoms with E-state index in [-0.39, 0.29) is 17.1 Å². The summed E-state index contributed by atoms with van der Waals surface area (Å²) < 4.78 is 7.28. The molecule has 6 heteroatoms. The molecule has 1 aromatic heterocycles. The molecule has 3 aliphatic carbocycles. The molecule has 5 aliphatic rings. The number of likely N-dealkylation sites (N-methyl/N-ethyl adjacent to an activating group) is 1. The summed E-state index contributed by atoms with van der Waals surface area (Å²) in [5.41, 5.74) is 5.97. The van der Waals surface area contributed by atoms with Gasteiger partial charge in [0.1, 0.15) is 6.10 Å². The second-order valence-corrected chi connectivity index (χ2v) is 12.4. The number of benzene rings is 1. The summed E-state index contributed by atoms with van der Waals surface area (Å²) >= 11 is 0. The van der Waals surface area contributed by atoms with Crippen LogP contribution >= 0.6 is 0 Å². The van der Waals surface area contributed by atoms with Crippen molar-refractivity contribution in [2.45, 2.75) is 75.9 Å². The number of hydrogen-bond donors (Lipinski definition) is 3. The molecule has 2 unspecified atom stereocenters. The van der Waals surface area contributed by atoms with E-state index in [4.69, 9.17) is 4.74 Å². The number of aliphatic hydroxyl groups is 2. The summed E-state index contributed by atoms with van der Waals surface area (Å²) in [6.45, 7) is 6.80. The minimum atomic E-state index is -0.895. The van der Waals surface area contributed by atoms with Crippen LogP contribution in [0.1, 0.15) is 50.8 Å². The number of H-pyrrole nitrogens is 1. The minimum Gasteiger partial charge on any atom is -0.388 e. The lowest BCUT2D eigenvalue weighted by atomic mass is 9.54. The third kappa shape index (κ3) is 2.63. The van der Waals surface area contributed by atoms with E-state index in [0.717, 1.165) is 36.0 Å². The zero-order valence-electron chi connectivity index (χ0n) is 21.9. The van der Waals surface area contributed by atoms with Gasteiger partial charge >= 0.3 is 0 Å². The Kier molecular flexibility index (Phi) is 4.58. The first-order valence-corrected chi connectivity index (χ1v) is 13.4. The predicted octanol–water partition coefficient (Wildman–Crippen LogP) is 4.14. The van der Waals surface area contributed by atoms with Crippen LogP contribution in [-0.4, -0.2) is 68.9 Å². The molecule has 1 aromatic carbocycles. The van der Waals surface area contributed by atoms with Crippen molar-refractivity contribution in [2.75, 3.05) is 14.1 Å². The third-order valence-electron chi connectivity index (χ3n) is 10.7. The Morgan fingerprint density at radius 1 is 1.19 bits per heavy atom. The average Bonchev–Trinajstić information content (AvgIpc) is 3.50. The number of aromatic amines is 1. The van der Waals surface area contributed by atoms with E-state index in [1.165, 1.54) is 22.1 Å². The van der Waals surface area contributed by atoms with Crippen molar-refractivity contribution < 1.29 is 14.9 Å². The zero-order chi connectivity index (χ0) is 25.2. The Bertz CT molecular complexity index is 1370. The maximum Gasteiger partial charge on any atom is 0.105 e. The van der Waals surface area contributed by atoms with Crippen molar-refractivity contribution in [1.82, 2.24) is 15.1 Å². The number of hydrogen-bond acceptors (Lipinski definition) is 5. The highest BCUT2D eigenvalue weighted by molar-refractivity contribution is 5.86. The fraction of sp³-hybridized carbons (Fsp3) is 0.567. The summed E-state index contributed by atoms with van der Waals surface area (Å²) in [5.74, 6) is 0.637. The van der Waals surface area contributed by atoms with E-state index < -0.39 is 17.8 Å². The maximum atomic E-state index is 11.2. The maximum absolute atomic E-state index is 11.2. The van der Waals surface area contributed by atoms with Crippen molar-refractivity contribution in [2.24, 2.45) is 17.3 Å². The van der Waals surface area contributed by atoms with Gasteiger partial charge in [0.2, 0.25) is 0 Å². The number of aromatic nitrogens is 2. The van der Waals surface area contributed by atoms with E-state index in [0.29, 0.717) is 18.3 Å². The second kappa shape index (κ2) is 7.19. The summed E-state index contributed by atoms with van der Waals surface area (Å²) in [6, 6.07) is 6.58. The quantitative estimate of drug-likeness (QED) is 0.593. The molecule has 8 atom stereocenters. The first-order valence-electron chi connectivity index (χ1n) is 13.4. The Labute approximate surface area is 212 Å². The monoisotopic (exact) mass is 487 g/mol. The van der Waals surface area contributed by atoms with E-state index in [1.807, 2.05) is 25.9 Å². The van der Waals surface area contributed by atoms with Gasteiger partial charge in [-0.15, -0.1) is 0 Å². The van der Waals surface area contributed by atoms with Crippen LogP contribution < -0.4 is 0 Å². The van der Waals surface area contributed by atoms with Crippen LogP contribution in [0.2, 0.25) is 0 Å². The number of nitrogens with zero attached hydrogens (tertiary/aromatic N) is 2. The molecule has 7 rings (SSSR count). The molecular formula is C30H37N3O3. The summed E-state index contributed by atoms with van der Waals surface area (Å²) in [6.07, 6.45) is 8.90. The van der Waals surface area contributed by atoms with Gasteiger partial charge in [0.15, 0.2) is 0 Å². The molecule has 190 valence electrons. The third-order valence-corrected chi connectivity index (χ3v) is 10.7. The van der Waals surface area contributed by atoms with Crippen molar-refractivity contribution in [3.8, 4) is 0 Å². The predicted molar refractivity (Wildman–Crippen MR) is 140 cm³/mol.